The van der Waals surface area contributed by atoms with E-state index in [1.165, 1.54) is 0 Å². The topological polar surface area (TPSA) is 106 Å². The lowest BCUT2D eigenvalue weighted by Gasteiger charge is -2.37. The van der Waals surface area contributed by atoms with Crippen molar-refractivity contribution in [2.75, 3.05) is 11.1 Å². The molecule has 2 aliphatic rings. The molecule has 0 aromatic heterocycles. The van der Waals surface area contributed by atoms with Crippen LogP contribution in [-0.2, 0) is 14.9 Å². The summed E-state index contributed by atoms with van der Waals surface area (Å²) in [4.78, 5) is 12.0. The van der Waals surface area contributed by atoms with Gasteiger partial charge in [0.25, 0.3) is 10.1 Å². The van der Waals surface area contributed by atoms with Crippen molar-refractivity contribution in [2.45, 2.75) is 26.2 Å². The molecule has 3 unspecified atom stereocenters. The van der Waals surface area contributed by atoms with Crippen LogP contribution in [-0.4, -0.2) is 29.8 Å². The summed E-state index contributed by atoms with van der Waals surface area (Å²) in [7, 11) is -4.04. The second-order valence-corrected chi connectivity index (χ2v) is 7.24. The van der Waals surface area contributed by atoms with Crippen LogP contribution in [0.15, 0.2) is 0 Å². The fourth-order valence-electron chi connectivity index (χ4n) is 3.55. The van der Waals surface area contributed by atoms with Crippen molar-refractivity contribution in [3.63, 3.8) is 0 Å². The molecule has 7 heteroatoms. The molecule has 0 radical (unpaired) electrons. The van der Waals surface area contributed by atoms with Crippen LogP contribution >= 0.6 is 15.9 Å². The van der Waals surface area contributed by atoms with Crippen LogP contribution in [0, 0.1) is 16.7 Å². The molecule has 2 bridgehead atoms. The third-order valence-corrected chi connectivity index (χ3v) is 6.51. The molecule has 4 N–H and O–H groups in total. The van der Waals surface area contributed by atoms with Crippen LogP contribution in [0.4, 0.5) is 0 Å². The van der Waals surface area contributed by atoms with Crippen molar-refractivity contribution in [2.24, 2.45) is 16.7 Å². The molecule has 0 aliphatic heterocycles. The van der Waals surface area contributed by atoms with Gasteiger partial charge in [-0.1, -0.05) is 22.9 Å². The summed E-state index contributed by atoms with van der Waals surface area (Å²) in [5.41, 5.74) is -1.20. The number of halogens is 1. The summed E-state index contributed by atoms with van der Waals surface area (Å²) in [6, 6.07) is 0. The van der Waals surface area contributed by atoms with E-state index >= 15 is 0 Å². The summed E-state index contributed by atoms with van der Waals surface area (Å²) in [5, 5.41) is 0.487. The summed E-state index contributed by atoms with van der Waals surface area (Å²) in [5.74, 6) is -0.0617. The van der Waals surface area contributed by atoms with E-state index in [-0.39, 0.29) is 23.6 Å². The fraction of sp³-hybridized carbons (Fsp3) is 0.900. The lowest BCUT2D eigenvalue weighted by molar-refractivity contribution is -0.127. The minimum atomic E-state index is -4.04. The Bertz CT molecular complexity index is 438. The highest BCUT2D eigenvalue weighted by atomic mass is 79.9. The van der Waals surface area contributed by atoms with Crippen LogP contribution in [0.2, 0.25) is 0 Å². The van der Waals surface area contributed by atoms with Crippen molar-refractivity contribution >= 4 is 31.8 Å². The van der Waals surface area contributed by atoms with E-state index in [4.69, 9.17) is 4.55 Å². The van der Waals surface area contributed by atoms with Crippen molar-refractivity contribution in [1.82, 2.24) is 6.15 Å². The minimum absolute atomic E-state index is 0. The first-order chi connectivity index (χ1) is 7.25. The molecule has 2 fully saturated rings. The number of hydrogen-bond acceptors (Lipinski definition) is 4. The van der Waals surface area contributed by atoms with Crippen molar-refractivity contribution in [3.05, 3.63) is 0 Å². The lowest BCUT2D eigenvalue weighted by atomic mass is 9.70. The minimum Gasteiger partial charge on any atom is -0.344 e. The average molecular weight is 328 g/mol. The summed E-state index contributed by atoms with van der Waals surface area (Å²) < 4.78 is 31.3. The quantitative estimate of drug-likeness (QED) is 0.607. The monoisotopic (exact) mass is 327 g/mol. The number of carbonyl (C=O) groups is 1. The maximum atomic E-state index is 12.0. The Balaban J connectivity index is 0.00000144. The maximum absolute atomic E-state index is 12.0. The Morgan fingerprint density at radius 1 is 1.53 bits per heavy atom. The second-order valence-electron chi connectivity index (χ2n) is 5.22. The molecule has 2 aliphatic carbocycles. The number of hydrogen-bond donors (Lipinski definition) is 2. The summed E-state index contributed by atoms with van der Waals surface area (Å²) in [6.07, 6.45) is 2.06. The predicted octanol–water partition coefficient (Wildman–Crippen LogP) is 1.81. The highest BCUT2D eigenvalue weighted by Crippen LogP contribution is 2.64. The van der Waals surface area contributed by atoms with E-state index in [0.717, 1.165) is 12.8 Å². The molecule has 0 aromatic rings. The normalized spacial score (nSPS) is 40.4. The molecule has 0 saturated heterocycles. The van der Waals surface area contributed by atoms with E-state index in [1.54, 1.807) is 0 Å². The Kier molecular flexibility index (Phi) is 3.81. The van der Waals surface area contributed by atoms with Gasteiger partial charge in [0.2, 0.25) is 0 Å². The van der Waals surface area contributed by atoms with Gasteiger partial charge in [-0.2, -0.15) is 8.42 Å². The first kappa shape index (κ1) is 15.1. The van der Waals surface area contributed by atoms with Gasteiger partial charge >= 0.3 is 0 Å². The summed E-state index contributed by atoms with van der Waals surface area (Å²) in [6.45, 7) is 1.82. The van der Waals surface area contributed by atoms with Gasteiger partial charge in [-0.3, -0.25) is 9.35 Å². The van der Waals surface area contributed by atoms with Gasteiger partial charge in [-0.25, -0.2) is 0 Å². The molecule has 3 atom stereocenters. The van der Waals surface area contributed by atoms with Gasteiger partial charge in [0.1, 0.15) is 5.78 Å². The zero-order valence-electron chi connectivity index (χ0n) is 9.78. The lowest BCUT2D eigenvalue weighted by Crippen LogP contribution is -2.43. The largest absolute Gasteiger partial charge is 0.344 e. The predicted molar refractivity (Wildman–Crippen MR) is 68.1 cm³/mol. The van der Waals surface area contributed by atoms with E-state index in [0.29, 0.717) is 11.8 Å². The van der Waals surface area contributed by atoms with Gasteiger partial charge in [-0.05, 0) is 18.8 Å². The fourth-order valence-corrected chi connectivity index (χ4v) is 6.05. The molecule has 100 valence electrons. The number of rotatable bonds is 3. The van der Waals surface area contributed by atoms with Gasteiger partial charge in [0, 0.05) is 22.6 Å². The van der Waals surface area contributed by atoms with Crippen molar-refractivity contribution in [3.8, 4) is 0 Å². The van der Waals surface area contributed by atoms with Gasteiger partial charge < -0.3 is 6.15 Å². The zero-order valence-corrected chi connectivity index (χ0v) is 12.2. The molecule has 5 nitrogen and oxygen atoms in total. The molecule has 2 rings (SSSR count). The van der Waals surface area contributed by atoms with Crippen molar-refractivity contribution in [1.29, 1.82) is 0 Å². The first-order valence-electron chi connectivity index (χ1n) is 5.30. The van der Waals surface area contributed by atoms with E-state index in [9.17, 15) is 13.2 Å². The maximum Gasteiger partial charge on any atom is 0.265 e. The molecule has 0 heterocycles. The second kappa shape index (κ2) is 4.29. The van der Waals surface area contributed by atoms with Crippen LogP contribution in [0.5, 0.6) is 0 Å². The Morgan fingerprint density at radius 3 is 2.53 bits per heavy atom. The van der Waals surface area contributed by atoms with Gasteiger partial charge in [0.05, 0.1) is 5.75 Å². The highest BCUT2D eigenvalue weighted by molar-refractivity contribution is 9.09. The van der Waals surface area contributed by atoms with Gasteiger partial charge in [0.15, 0.2) is 0 Å². The molecule has 0 spiro atoms. The molecular weight excluding hydrogens is 310 g/mol. The molecule has 17 heavy (non-hydrogen) atoms. The Hall–Kier alpha value is 0.0200. The van der Waals surface area contributed by atoms with Gasteiger partial charge in [-0.15, -0.1) is 0 Å². The standard InChI is InChI=1S/C10H15BrO4S.H3N/c1-9(6-16(13,14)15)7-2-3-10(9,5-11)8(12)4-7;/h7H,2-6H2,1H3,(H,13,14,15);1H3. The molecule has 2 saturated carbocycles. The molecular formula is C10H18BrNO4S. The van der Waals surface area contributed by atoms with Crippen LogP contribution < -0.4 is 6.15 Å². The summed E-state index contributed by atoms with van der Waals surface area (Å²) >= 11 is 3.35. The Labute approximate surface area is 110 Å². The first-order valence-corrected chi connectivity index (χ1v) is 8.03. The van der Waals surface area contributed by atoms with Crippen LogP contribution in [0.3, 0.4) is 0 Å². The molecule has 0 amide bonds. The third kappa shape index (κ3) is 1.97. The number of alkyl halides is 1. The SMILES string of the molecule is CC1(CS(=O)(=O)O)C2CCC1(CBr)C(=O)C2.N. The number of Topliss-reactive ketones (excluding diaryl/α,β-unsaturated/α-hetero) is 1. The third-order valence-electron chi connectivity index (χ3n) is 4.59. The van der Waals surface area contributed by atoms with E-state index in [2.05, 4.69) is 15.9 Å². The number of ketones is 1. The van der Waals surface area contributed by atoms with E-state index in [1.807, 2.05) is 6.92 Å². The Morgan fingerprint density at radius 2 is 2.12 bits per heavy atom. The number of carbonyl (C=O) groups excluding carboxylic acids is 1. The smallest absolute Gasteiger partial charge is 0.265 e. The van der Waals surface area contributed by atoms with Crippen LogP contribution in [0.1, 0.15) is 26.2 Å². The average Bonchev–Trinajstić information content (AvgIpc) is 2.48. The van der Waals surface area contributed by atoms with E-state index < -0.39 is 20.9 Å². The van der Waals surface area contributed by atoms with Crippen LogP contribution in [0.25, 0.3) is 0 Å². The molecule has 0 aromatic carbocycles. The highest BCUT2D eigenvalue weighted by Gasteiger charge is 2.66. The zero-order chi connectivity index (χ0) is 12.2. The van der Waals surface area contributed by atoms with Crippen molar-refractivity contribution < 1.29 is 17.8 Å². The number of fused-ring (bicyclic) bond motifs is 2.